The van der Waals surface area contributed by atoms with Crippen LogP contribution >= 0.6 is 0 Å². The Kier molecular flexibility index (Phi) is 11.0. The van der Waals surface area contributed by atoms with Crippen LogP contribution in [0.1, 0.15) is 69.1 Å². The molecule has 0 aliphatic carbocycles. The molecule has 2 heterocycles. The zero-order valence-corrected chi connectivity index (χ0v) is 26.3. The summed E-state index contributed by atoms with van der Waals surface area (Å²) in [6.07, 6.45) is 1.62. The van der Waals surface area contributed by atoms with Crippen molar-refractivity contribution in [3.05, 3.63) is 120 Å². The minimum atomic E-state index is -0.969. The zero-order chi connectivity index (χ0) is 31.7. The van der Waals surface area contributed by atoms with Crippen molar-refractivity contribution in [2.24, 2.45) is 0 Å². The Morgan fingerprint density at radius 2 is 1.50 bits per heavy atom. The summed E-state index contributed by atoms with van der Waals surface area (Å²) < 4.78 is 28.5. The molecule has 0 saturated carbocycles. The lowest BCUT2D eigenvalue weighted by atomic mass is 9.76. The number of carbonyl (C=O) groups is 1. The number of rotatable bonds is 7. The van der Waals surface area contributed by atoms with Crippen LogP contribution in [0.2, 0.25) is 0 Å². The quantitative estimate of drug-likeness (QED) is 0.203. The maximum Gasteiger partial charge on any atom is 0.335 e. The van der Waals surface area contributed by atoms with E-state index in [-0.39, 0.29) is 16.8 Å². The summed E-state index contributed by atoms with van der Waals surface area (Å²) in [7, 11) is 0. The molecule has 5 nitrogen and oxygen atoms in total. The van der Waals surface area contributed by atoms with Crippen LogP contribution in [0.3, 0.4) is 0 Å². The van der Waals surface area contributed by atoms with E-state index in [1.165, 1.54) is 12.1 Å². The van der Waals surface area contributed by atoms with E-state index in [9.17, 15) is 14.3 Å². The fraction of sp³-hybridized carbons (Fsp3) is 0.289. The molecule has 1 aliphatic rings. The fourth-order valence-corrected chi connectivity index (χ4v) is 5.71. The Hall–Kier alpha value is -4.42. The molecule has 0 radical (unpaired) electrons. The molecule has 6 heteroatoms. The molecule has 0 bridgehead atoms. The average Bonchev–Trinajstić information content (AvgIpc) is 3.44. The van der Waals surface area contributed by atoms with Crippen molar-refractivity contribution in [2.45, 2.75) is 59.5 Å². The molecule has 0 amide bonds. The highest BCUT2D eigenvalue weighted by atomic mass is 19.1. The van der Waals surface area contributed by atoms with E-state index in [1.807, 2.05) is 82.3 Å². The molecule has 6 rings (SSSR count). The maximum atomic E-state index is 14.1. The summed E-state index contributed by atoms with van der Waals surface area (Å²) in [5.41, 5.74) is 5.78. The van der Waals surface area contributed by atoms with Gasteiger partial charge in [0.05, 0.1) is 16.5 Å². The lowest BCUT2D eigenvalue weighted by molar-refractivity contribution is 0.0548. The number of carboxylic acid groups (broad SMARTS) is 1. The Balaban J connectivity index is 0.00000106. The molecule has 44 heavy (non-hydrogen) atoms. The number of aromatic nitrogens is 1. The minimum absolute atomic E-state index is 0.227. The molecular formula is C38H42FNO4. The standard InChI is InChI=1S/C34H30FNO4.2C2H6/c1-34(18-20-39-21-19-34)32-30(24-10-12-25(13-11-24)33(37)38)31-28(36(32)27-16-14-26(35)15-17-27)8-5-9-29(31)40-22-23-6-3-2-4-7-23;2*1-2/h2-17H,18-22H2,1H3,(H,37,38);2*1-2H3. The number of nitrogens with zero attached hydrogens (tertiary/aromatic N) is 1. The summed E-state index contributed by atoms with van der Waals surface area (Å²) >= 11 is 0. The van der Waals surface area contributed by atoms with Crippen LogP contribution in [-0.4, -0.2) is 28.9 Å². The molecular weight excluding hydrogens is 553 g/mol. The highest BCUT2D eigenvalue weighted by molar-refractivity contribution is 6.04. The topological polar surface area (TPSA) is 60.7 Å². The van der Waals surface area contributed by atoms with Crippen molar-refractivity contribution in [1.82, 2.24) is 4.57 Å². The van der Waals surface area contributed by atoms with Gasteiger partial charge < -0.3 is 19.1 Å². The van der Waals surface area contributed by atoms with Crippen LogP contribution in [0.4, 0.5) is 4.39 Å². The number of fused-ring (bicyclic) bond motifs is 1. The first-order chi connectivity index (χ1) is 21.4. The first-order valence-corrected chi connectivity index (χ1v) is 15.5. The second-order valence-electron chi connectivity index (χ2n) is 10.5. The molecule has 4 aromatic carbocycles. The molecule has 1 saturated heterocycles. The lowest BCUT2D eigenvalue weighted by Crippen LogP contribution is -2.33. The highest BCUT2D eigenvalue weighted by Crippen LogP contribution is 2.49. The van der Waals surface area contributed by atoms with Crippen LogP contribution in [0, 0.1) is 5.82 Å². The molecule has 5 aromatic rings. The van der Waals surface area contributed by atoms with E-state index in [1.54, 1.807) is 24.3 Å². The summed E-state index contributed by atoms with van der Waals surface area (Å²) in [4.78, 5) is 11.6. The zero-order valence-electron chi connectivity index (χ0n) is 26.3. The number of halogens is 1. The van der Waals surface area contributed by atoms with E-state index in [2.05, 4.69) is 17.6 Å². The van der Waals surface area contributed by atoms with Crippen LogP contribution in [0.25, 0.3) is 27.7 Å². The molecule has 230 valence electrons. The molecule has 0 unspecified atom stereocenters. The van der Waals surface area contributed by atoms with Gasteiger partial charge in [-0.2, -0.15) is 0 Å². The van der Waals surface area contributed by atoms with Crippen molar-refractivity contribution in [3.63, 3.8) is 0 Å². The first kappa shape index (κ1) is 32.5. The Morgan fingerprint density at radius 3 is 2.11 bits per heavy atom. The number of benzene rings is 4. The fourth-order valence-electron chi connectivity index (χ4n) is 5.71. The Bertz CT molecular complexity index is 1650. The summed E-state index contributed by atoms with van der Waals surface area (Å²) in [6, 6.07) is 29.6. The Labute approximate surface area is 259 Å². The Morgan fingerprint density at radius 1 is 0.864 bits per heavy atom. The van der Waals surface area contributed by atoms with Crippen molar-refractivity contribution in [2.75, 3.05) is 13.2 Å². The van der Waals surface area contributed by atoms with Crippen LogP contribution in [0.15, 0.2) is 97.1 Å². The summed E-state index contributed by atoms with van der Waals surface area (Å²) in [6.45, 7) is 11.9. The minimum Gasteiger partial charge on any atom is -0.488 e. The van der Waals surface area contributed by atoms with Crippen molar-refractivity contribution in [3.8, 4) is 22.6 Å². The summed E-state index contributed by atoms with van der Waals surface area (Å²) in [5.74, 6) is -0.532. The number of hydrogen-bond acceptors (Lipinski definition) is 3. The number of aromatic carboxylic acids is 1. The van der Waals surface area contributed by atoms with Crippen LogP contribution < -0.4 is 4.74 Å². The van der Waals surface area contributed by atoms with Gasteiger partial charge in [0.1, 0.15) is 18.2 Å². The first-order valence-electron chi connectivity index (χ1n) is 15.5. The van der Waals surface area contributed by atoms with Gasteiger partial charge in [0.25, 0.3) is 0 Å². The van der Waals surface area contributed by atoms with Crippen molar-refractivity contribution >= 4 is 16.9 Å². The number of ether oxygens (including phenoxy) is 2. The third kappa shape index (κ3) is 6.71. The van der Waals surface area contributed by atoms with Crippen molar-refractivity contribution in [1.29, 1.82) is 0 Å². The third-order valence-electron chi connectivity index (χ3n) is 7.87. The van der Waals surface area contributed by atoms with Gasteiger partial charge >= 0.3 is 5.97 Å². The van der Waals surface area contributed by atoms with E-state index in [0.29, 0.717) is 19.8 Å². The maximum absolute atomic E-state index is 14.1. The molecule has 0 spiro atoms. The summed E-state index contributed by atoms with van der Waals surface area (Å²) in [5, 5.41) is 10.5. The molecule has 0 atom stereocenters. The van der Waals surface area contributed by atoms with Gasteiger partial charge in [0.2, 0.25) is 0 Å². The van der Waals surface area contributed by atoms with Gasteiger partial charge in [-0.25, -0.2) is 9.18 Å². The van der Waals surface area contributed by atoms with Gasteiger partial charge in [-0.1, -0.05) is 83.1 Å². The van der Waals surface area contributed by atoms with E-state index in [4.69, 9.17) is 9.47 Å². The van der Waals surface area contributed by atoms with Crippen molar-refractivity contribution < 1.29 is 23.8 Å². The average molecular weight is 596 g/mol. The van der Waals surface area contributed by atoms with Gasteiger partial charge in [-0.15, -0.1) is 0 Å². The smallest absolute Gasteiger partial charge is 0.335 e. The van der Waals surface area contributed by atoms with E-state index >= 15 is 0 Å². The SMILES string of the molecule is CC.CC.CC1(c2c(-c3ccc(C(=O)O)cc3)c3c(OCc4ccccc4)cccc3n2-c2ccc(F)cc2)CCOCC1. The normalized spacial score (nSPS) is 13.7. The van der Waals surface area contributed by atoms with Gasteiger partial charge in [-0.3, -0.25) is 0 Å². The second kappa shape index (κ2) is 14.8. The van der Waals surface area contributed by atoms with Crippen LogP contribution in [-0.2, 0) is 16.8 Å². The predicted molar refractivity (Wildman–Crippen MR) is 177 cm³/mol. The predicted octanol–water partition coefficient (Wildman–Crippen LogP) is 9.83. The monoisotopic (exact) mass is 595 g/mol. The molecule has 1 fully saturated rings. The lowest BCUT2D eigenvalue weighted by Gasteiger charge is -2.36. The molecule has 1 aliphatic heterocycles. The third-order valence-corrected chi connectivity index (χ3v) is 7.87. The second-order valence-corrected chi connectivity index (χ2v) is 10.5. The molecule has 1 aromatic heterocycles. The highest BCUT2D eigenvalue weighted by Gasteiger charge is 2.37. The van der Waals surface area contributed by atoms with Gasteiger partial charge in [0, 0.05) is 35.6 Å². The largest absolute Gasteiger partial charge is 0.488 e. The van der Waals surface area contributed by atoms with E-state index < -0.39 is 5.97 Å². The van der Waals surface area contributed by atoms with Gasteiger partial charge in [0.15, 0.2) is 0 Å². The number of carboxylic acids is 1. The van der Waals surface area contributed by atoms with E-state index in [0.717, 1.165) is 57.6 Å². The van der Waals surface area contributed by atoms with Gasteiger partial charge in [-0.05, 0) is 72.5 Å². The molecule has 1 N–H and O–H groups in total. The number of hydrogen-bond donors (Lipinski definition) is 1. The van der Waals surface area contributed by atoms with Crippen LogP contribution in [0.5, 0.6) is 5.75 Å².